The third kappa shape index (κ3) is 2.75. The van der Waals surface area contributed by atoms with Crippen LogP contribution in [0.5, 0.6) is 0 Å². The predicted molar refractivity (Wildman–Crippen MR) is 74.8 cm³/mol. The zero-order chi connectivity index (χ0) is 15.0. The fourth-order valence-electron chi connectivity index (χ4n) is 1.96. The Bertz CT molecular complexity index is 722. The fourth-order valence-corrected chi connectivity index (χ4v) is 2.19. The minimum absolute atomic E-state index is 0.0487. The molecule has 2 N–H and O–H groups in total. The molecule has 0 unspecified atom stereocenters. The molecule has 1 heterocycles. The number of aromatic nitrogens is 1. The van der Waals surface area contributed by atoms with Gasteiger partial charge in [0, 0.05) is 12.0 Å². The molecule has 1 aromatic carbocycles. The maximum Gasteiger partial charge on any atom is 0.337 e. The number of nitrogens with zero attached hydrogens (tertiary/aromatic N) is 1. The van der Waals surface area contributed by atoms with Gasteiger partial charge in [-0.25, -0.2) is 4.79 Å². The Morgan fingerprint density at radius 2 is 2.14 bits per heavy atom. The van der Waals surface area contributed by atoms with Crippen LogP contribution in [0.3, 0.4) is 0 Å². The first-order valence-corrected chi connectivity index (χ1v) is 6.74. The molecule has 1 saturated carbocycles. The average Bonchev–Trinajstić information content (AvgIpc) is 3.18. The molecule has 6 nitrogen and oxygen atoms in total. The molecule has 21 heavy (non-hydrogen) atoms. The van der Waals surface area contributed by atoms with E-state index in [-0.39, 0.29) is 22.0 Å². The highest BCUT2D eigenvalue weighted by Gasteiger charge is 2.29. The molecule has 0 aliphatic heterocycles. The van der Waals surface area contributed by atoms with Gasteiger partial charge < -0.3 is 14.9 Å². The molecule has 1 fully saturated rings. The van der Waals surface area contributed by atoms with Crippen LogP contribution >= 0.6 is 11.6 Å². The molecule has 1 aromatic heterocycles. The molecule has 1 aliphatic carbocycles. The van der Waals surface area contributed by atoms with E-state index in [9.17, 15) is 9.59 Å². The quantitative estimate of drug-likeness (QED) is 0.905. The van der Waals surface area contributed by atoms with Crippen LogP contribution in [0.15, 0.2) is 28.8 Å². The summed E-state index contributed by atoms with van der Waals surface area (Å²) in [6.45, 7) is 0. The van der Waals surface area contributed by atoms with Crippen molar-refractivity contribution in [2.75, 3.05) is 5.32 Å². The van der Waals surface area contributed by atoms with Gasteiger partial charge in [0.25, 0.3) is 5.91 Å². The van der Waals surface area contributed by atoms with Gasteiger partial charge in [-0.1, -0.05) is 22.8 Å². The summed E-state index contributed by atoms with van der Waals surface area (Å²) in [5, 5.41) is 15.4. The van der Waals surface area contributed by atoms with Gasteiger partial charge in [-0.05, 0) is 25.0 Å². The summed E-state index contributed by atoms with van der Waals surface area (Å²) in [5.74, 6) is -0.709. The van der Waals surface area contributed by atoms with Crippen molar-refractivity contribution in [3.8, 4) is 0 Å². The van der Waals surface area contributed by atoms with E-state index in [4.69, 9.17) is 21.2 Å². The van der Waals surface area contributed by atoms with E-state index < -0.39 is 11.9 Å². The molecule has 1 aliphatic rings. The highest BCUT2D eigenvalue weighted by molar-refractivity contribution is 6.34. The van der Waals surface area contributed by atoms with Crippen molar-refractivity contribution in [2.24, 2.45) is 0 Å². The highest BCUT2D eigenvalue weighted by Crippen LogP contribution is 2.40. The Morgan fingerprint density at radius 3 is 2.81 bits per heavy atom. The number of carbonyl (C=O) groups is 2. The SMILES string of the molecule is O=C(Nc1c(Cl)cccc1C(=O)O)c1cc(C2CC2)on1. The third-order valence-electron chi connectivity index (χ3n) is 3.22. The van der Waals surface area contributed by atoms with Crippen molar-refractivity contribution in [1.82, 2.24) is 5.16 Å². The molecule has 0 spiro atoms. The first kappa shape index (κ1) is 13.6. The van der Waals surface area contributed by atoms with E-state index in [0.29, 0.717) is 11.7 Å². The first-order valence-electron chi connectivity index (χ1n) is 6.36. The lowest BCUT2D eigenvalue weighted by Crippen LogP contribution is -2.15. The number of benzene rings is 1. The van der Waals surface area contributed by atoms with Crippen LogP contribution in [0.2, 0.25) is 5.02 Å². The van der Waals surface area contributed by atoms with E-state index in [1.54, 1.807) is 6.07 Å². The van der Waals surface area contributed by atoms with Gasteiger partial charge in [0.2, 0.25) is 0 Å². The molecule has 3 rings (SSSR count). The second-order valence-electron chi connectivity index (χ2n) is 4.81. The minimum Gasteiger partial charge on any atom is -0.478 e. The van der Waals surface area contributed by atoms with Crippen LogP contribution < -0.4 is 5.32 Å². The predicted octanol–water partition coefficient (Wildman–Crippen LogP) is 3.16. The smallest absolute Gasteiger partial charge is 0.337 e. The number of carboxylic acids is 1. The Kier molecular flexibility index (Phi) is 3.39. The Morgan fingerprint density at radius 1 is 1.38 bits per heavy atom. The molecule has 2 aromatic rings. The first-order chi connectivity index (χ1) is 10.1. The van der Waals surface area contributed by atoms with Gasteiger partial charge >= 0.3 is 5.97 Å². The molecule has 0 bridgehead atoms. The molecule has 7 heteroatoms. The summed E-state index contributed by atoms with van der Waals surface area (Å²) >= 11 is 5.95. The molecule has 0 saturated heterocycles. The Hall–Kier alpha value is -2.34. The van der Waals surface area contributed by atoms with Crippen molar-refractivity contribution in [2.45, 2.75) is 18.8 Å². The van der Waals surface area contributed by atoms with Gasteiger partial charge in [0.15, 0.2) is 5.69 Å². The highest BCUT2D eigenvalue weighted by atomic mass is 35.5. The molecular formula is C14H11ClN2O4. The summed E-state index contributed by atoms with van der Waals surface area (Å²) in [6.07, 6.45) is 2.06. The normalized spacial score (nSPS) is 14.0. The van der Waals surface area contributed by atoms with Crippen LogP contribution in [0.25, 0.3) is 0 Å². The number of nitrogens with one attached hydrogen (secondary N) is 1. The van der Waals surface area contributed by atoms with Crippen LogP contribution in [0.4, 0.5) is 5.69 Å². The van der Waals surface area contributed by atoms with E-state index in [1.165, 1.54) is 18.2 Å². The van der Waals surface area contributed by atoms with Crippen molar-refractivity contribution in [1.29, 1.82) is 0 Å². The van der Waals surface area contributed by atoms with Gasteiger partial charge in [-0.2, -0.15) is 0 Å². The zero-order valence-corrected chi connectivity index (χ0v) is 11.6. The van der Waals surface area contributed by atoms with E-state index in [1.807, 2.05) is 0 Å². The zero-order valence-electron chi connectivity index (χ0n) is 10.8. The summed E-state index contributed by atoms with van der Waals surface area (Å²) in [5.41, 5.74) is 0.0718. The number of para-hydroxylation sites is 1. The molecule has 108 valence electrons. The molecular weight excluding hydrogens is 296 g/mol. The van der Waals surface area contributed by atoms with Gasteiger partial charge in [-0.3, -0.25) is 4.79 Å². The topological polar surface area (TPSA) is 92.4 Å². The molecule has 0 radical (unpaired) electrons. The average molecular weight is 307 g/mol. The lowest BCUT2D eigenvalue weighted by molar-refractivity contribution is 0.0698. The molecule has 1 amide bonds. The van der Waals surface area contributed by atoms with Gasteiger partial charge in [-0.15, -0.1) is 0 Å². The minimum atomic E-state index is -1.17. The number of amides is 1. The fraction of sp³-hybridized carbons (Fsp3) is 0.214. The maximum absolute atomic E-state index is 12.1. The standard InChI is InChI=1S/C14H11ClN2O4/c15-9-3-1-2-8(14(19)20)12(9)16-13(18)10-6-11(21-17-10)7-4-5-7/h1-3,6-7H,4-5H2,(H,16,18)(H,19,20). The number of carbonyl (C=O) groups excluding carboxylic acids is 1. The Balaban J connectivity index is 1.85. The third-order valence-corrected chi connectivity index (χ3v) is 3.54. The van der Waals surface area contributed by atoms with E-state index >= 15 is 0 Å². The summed E-state index contributed by atoms with van der Waals surface area (Å²) in [6, 6.07) is 5.94. The van der Waals surface area contributed by atoms with Crippen molar-refractivity contribution in [3.63, 3.8) is 0 Å². The Labute approximate surface area is 124 Å². The summed E-state index contributed by atoms with van der Waals surface area (Å²) < 4.78 is 5.10. The van der Waals surface area contributed by atoms with Crippen LogP contribution in [-0.2, 0) is 0 Å². The van der Waals surface area contributed by atoms with Crippen molar-refractivity contribution in [3.05, 3.63) is 46.3 Å². The number of halogens is 1. The largest absolute Gasteiger partial charge is 0.478 e. The van der Waals surface area contributed by atoms with E-state index in [2.05, 4.69) is 10.5 Å². The van der Waals surface area contributed by atoms with Crippen molar-refractivity contribution >= 4 is 29.2 Å². The number of aromatic carboxylic acids is 1. The monoisotopic (exact) mass is 306 g/mol. The number of hydrogen-bond acceptors (Lipinski definition) is 4. The molecule has 0 atom stereocenters. The van der Waals surface area contributed by atoms with Crippen molar-refractivity contribution < 1.29 is 19.2 Å². The number of rotatable bonds is 4. The number of hydrogen-bond donors (Lipinski definition) is 2. The van der Waals surface area contributed by atoms with E-state index in [0.717, 1.165) is 12.8 Å². The summed E-state index contributed by atoms with van der Waals surface area (Å²) in [7, 11) is 0. The van der Waals surface area contributed by atoms with Crippen LogP contribution in [0.1, 0.15) is 45.4 Å². The lowest BCUT2D eigenvalue weighted by atomic mass is 10.1. The maximum atomic E-state index is 12.1. The van der Waals surface area contributed by atoms with Crippen LogP contribution in [0, 0.1) is 0 Å². The second-order valence-corrected chi connectivity index (χ2v) is 5.22. The van der Waals surface area contributed by atoms with Gasteiger partial charge in [0.1, 0.15) is 5.76 Å². The number of carboxylic acid groups (broad SMARTS) is 1. The van der Waals surface area contributed by atoms with Crippen LogP contribution in [-0.4, -0.2) is 22.1 Å². The number of anilines is 1. The second kappa shape index (κ2) is 5.21. The summed E-state index contributed by atoms with van der Waals surface area (Å²) in [4.78, 5) is 23.3. The lowest BCUT2D eigenvalue weighted by Gasteiger charge is -2.08. The van der Waals surface area contributed by atoms with Gasteiger partial charge in [0.05, 0.1) is 16.3 Å².